The summed E-state index contributed by atoms with van der Waals surface area (Å²) in [7, 11) is 0. The number of morpholine rings is 1. The molecule has 2 aliphatic rings. The molecule has 5 aromatic rings. The third-order valence-corrected chi connectivity index (χ3v) is 8.28. The Morgan fingerprint density at radius 2 is 1.76 bits per heavy atom. The Labute approximate surface area is 260 Å². The first-order valence-corrected chi connectivity index (χ1v) is 15.2. The topological polar surface area (TPSA) is 113 Å². The van der Waals surface area contributed by atoms with Gasteiger partial charge in [-0.2, -0.15) is 5.10 Å². The van der Waals surface area contributed by atoms with Gasteiger partial charge < -0.3 is 20.3 Å². The molecule has 2 saturated heterocycles. The summed E-state index contributed by atoms with van der Waals surface area (Å²) in [5.74, 6) is 0.587. The minimum atomic E-state index is -0.582. The van der Waals surface area contributed by atoms with Crippen LogP contribution in [-0.4, -0.2) is 75.1 Å². The standard InChI is InChI=1S/C33H34FN9O2/c34-28-19-24(8-9-29(28)38-33(44)37-25-6-2-1-3-7-25)30-39-31(42-15-17-45-18-16-42)27-21-36-43(32(27)40-30)26-10-13-41(14-11-26)22-23-5-4-12-35-20-23/h1-9,12,19-21,26H,10-11,13-18,22H2,(H2,37,38,44). The second-order valence-electron chi connectivity index (χ2n) is 11.3. The summed E-state index contributed by atoms with van der Waals surface area (Å²) in [6.07, 6.45) is 7.44. The number of likely N-dealkylation sites (tertiary alicyclic amines) is 1. The van der Waals surface area contributed by atoms with Crippen molar-refractivity contribution in [3.8, 4) is 11.4 Å². The van der Waals surface area contributed by atoms with Gasteiger partial charge in [0, 0.05) is 56.4 Å². The molecule has 0 radical (unpaired) electrons. The predicted molar refractivity (Wildman–Crippen MR) is 171 cm³/mol. The maximum atomic E-state index is 15.4. The van der Waals surface area contributed by atoms with Crippen molar-refractivity contribution in [2.75, 3.05) is 54.9 Å². The van der Waals surface area contributed by atoms with E-state index in [1.807, 2.05) is 41.3 Å². The number of urea groups is 1. The Balaban J connectivity index is 1.15. The van der Waals surface area contributed by atoms with Crippen LogP contribution in [-0.2, 0) is 11.3 Å². The van der Waals surface area contributed by atoms with Crippen LogP contribution in [0.1, 0.15) is 24.4 Å². The van der Waals surface area contributed by atoms with Crippen molar-refractivity contribution in [1.29, 1.82) is 0 Å². The molecule has 12 heteroatoms. The number of hydrogen-bond acceptors (Lipinski definition) is 8. The fourth-order valence-electron chi connectivity index (χ4n) is 5.96. The zero-order valence-corrected chi connectivity index (χ0v) is 24.8. The highest BCUT2D eigenvalue weighted by molar-refractivity contribution is 6.00. The molecule has 2 aliphatic heterocycles. The van der Waals surface area contributed by atoms with Crippen LogP contribution in [0.4, 0.5) is 26.4 Å². The summed E-state index contributed by atoms with van der Waals surface area (Å²) >= 11 is 0. The number of halogens is 1. The smallest absolute Gasteiger partial charge is 0.323 e. The molecule has 2 N–H and O–H groups in total. The molecule has 5 heterocycles. The number of aromatic nitrogens is 5. The SMILES string of the molecule is O=C(Nc1ccccc1)Nc1ccc(-c2nc(N3CCOCC3)c3cnn(C4CCN(Cc5cccnc5)CC4)c3n2)cc1F. The molecule has 0 saturated carbocycles. The lowest BCUT2D eigenvalue weighted by Crippen LogP contribution is -2.37. The van der Waals surface area contributed by atoms with Crippen molar-refractivity contribution in [2.24, 2.45) is 0 Å². The lowest BCUT2D eigenvalue weighted by molar-refractivity contribution is 0.122. The van der Waals surface area contributed by atoms with Crippen molar-refractivity contribution in [3.05, 3.63) is 90.6 Å². The normalized spacial score (nSPS) is 16.2. The Kier molecular flexibility index (Phi) is 8.30. The number of fused-ring (bicyclic) bond motifs is 1. The fraction of sp³-hybridized carbons (Fsp3) is 0.303. The number of anilines is 3. The van der Waals surface area contributed by atoms with Crippen molar-refractivity contribution in [3.63, 3.8) is 0 Å². The Bertz CT molecular complexity index is 1770. The summed E-state index contributed by atoms with van der Waals surface area (Å²) < 4.78 is 23.0. The largest absolute Gasteiger partial charge is 0.378 e. The van der Waals surface area contributed by atoms with Crippen molar-refractivity contribution < 1.29 is 13.9 Å². The van der Waals surface area contributed by atoms with Crippen molar-refractivity contribution >= 4 is 34.3 Å². The molecule has 0 spiro atoms. The van der Waals surface area contributed by atoms with E-state index in [0.717, 1.165) is 49.3 Å². The molecular weight excluding hydrogens is 573 g/mol. The van der Waals surface area contributed by atoms with E-state index in [1.165, 1.54) is 17.7 Å². The molecular formula is C33H34FN9O2. The van der Waals surface area contributed by atoms with Crippen LogP contribution < -0.4 is 15.5 Å². The second-order valence-corrected chi connectivity index (χ2v) is 11.3. The molecule has 2 amide bonds. The van der Waals surface area contributed by atoms with Gasteiger partial charge in [-0.15, -0.1) is 0 Å². The maximum absolute atomic E-state index is 15.4. The van der Waals surface area contributed by atoms with Gasteiger partial charge >= 0.3 is 6.03 Å². The third kappa shape index (κ3) is 6.47. The van der Waals surface area contributed by atoms with E-state index in [2.05, 4.69) is 31.5 Å². The van der Waals surface area contributed by atoms with Gasteiger partial charge in [0.15, 0.2) is 11.5 Å². The molecule has 0 bridgehead atoms. The average molecular weight is 608 g/mol. The molecule has 45 heavy (non-hydrogen) atoms. The fourth-order valence-corrected chi connectivity index (χ4v) is 5.96. The van der Waals surface area contributed by atoms with Gasteiger partial charge in [0.1, 0.15) is 11.6 Å². The quantitative estimate of drug-likeness (QED) is 0.255. The lowest BCUT2D eigenvalue weighted by atomic mass is 10.0. The second kappa shape index (κ2) is 13.0. The predicted octanol–water partition coefficient (Wildman–Crippen LogP) is 5.35. The number of rotatable bonds is 7. The van der Waals surface area contributed by atoms with Gasteiger partial charge in [-0.05, 0) is 54.8 Å². The van der Waals surface area contributed by atoms with Gasteiger partial charge in [-0.25, -0.2) is 23.8 Å². The summed E-state index contributed by atoms with van der Waals surface area (Å²) in [5, 5.41) is 11.0. The molecule has 0 atom stereocenters. The number of carbonyl (C=O) groups excluding carboxylic acids is 1. The van der Waals surface area contributed by atoms with Gasteiger partial charge in [0.25, 0.3) is 0 Å². The van der Waals surface area contributed by atoms with E-state index in [9.17, 15) is 4.79 Å². The minimum absolute atomic E-state index is 0.0600. The number of benzene rings is 2. The molecule has 7 rings (SSSR count). The van der Waals surface area contributed by atoms with Gasteiger partial charge in [-0.1, -0.05) is 24.3 Å². The monoisotopic (exact) mass is 607 g/mol. The molecule has 0 unspecified atom stereocenters. The number of hydrogen-bond donors (Lipinski definition) is 2. The first-order valence-electron chi connectivity index (χ1n) is 15.2. The van der Waals surface area contributed by atoms with E-state index >= 15 is 4.39 Å². The Morgan fingerprint density at radius 1 is 0.933 bits per heavy atom. The van der Waals surface area contributed by atoms with E-state index < -0.39 is 11.8 Å². The molecule has 0 aliphatic carbocycles. The third-order valence-electron chi connectivity index (χ3n) is 8.28. The zero-order valence-electron chi connectivity index (χ0n) is 24.8. The number of piperidine rings is 1. The number of carbonyl (C=O) groups is 1. The summed E-state index contributed by atoms with van der Waals surface area (Å²) in [6, 6.07) is 17.3. The number of nitrogens with zero attached hydrogens (tertiary/aromatic N) is 7. The molecule has 2 aromatic carbocycles. The zero-order chi connectivity index (χ0) is 30.6. The number of ether oxygens (including phenoxy) is 1. The van der Waals surface area contributed by atoms with Crippen LogP contribution in [0.3, 0.4) is 0 Å². The van der Waals surface area contributed by atoms with E-state index in [4.69, 9.17) is 19.8 Å². The Hall–Kier alpha value is -4.94. The van der Waals surface area contributed by atoms with Gasteiger partial charge in [-0.3, -0.25) is 9.88 Å². The number of pyridine rings is 1. The Morgan fingerprint density at radius 3 is 2.51 bits per heavy atom. The van der Waals surface area contributed by atoms with Gasteiger partial charge in [0.05, 0.1) is 36.5 Å². The van der Waals surface area contributed by atoms with E-state index in [0.29, 0.717) is 43.4 Å². The van der Waals surface area contributed by atoms with Crippen LogP contribution in [0.25, 0.3) is 22.4 Å². The van der Waals surface area contributed by atoms with E-state index in [-0.39, 0.29) is 11.7 Å². The van der Waals surface area contributed by atoms with Crippen LogP contribution in [0, 0.1) is 5.82 Å². The number of nitrogens with one attached hydrogen (secondary N) is 2. The number of amides is 2. The van der Waals surface area contributed by atoms with Crippen LogP contribution in [0.2, 0.25) is 0 Å². The molecule has 3 aromatic heterocycles. The molecule has 11 nitrogen and oxygen atoms in total. The summed E-state index contributed by atoms with van der Waals surface area (Å²) in [4.78, 5) is 31.2. The van der Waals surface area contributed by atoms with Crippen LogP contribution in [0.15, 0.2) is 79.3 Å². The summed E-state index contributed by atoms with van der Waals surface area (Å²) in [5.41, 5.74) is 3.12. The van der Waals surface area contributed by atoms with Crippen molar-refractivity contribution in [1.82, 2.24) is 29.6 Å². The number of para-hydroxylation sites is 1. The first kappa shape index (κ1) is 28.8. The highest BCUT2D eigenvalue weighted by Crippen LogP contribution is 2.33. The van der Waals surface area contributed by atoms with Gasteiger partial charge in [0.2, 0.25) is 0 Å². The molecule has 230 valence electrons. The molecule has 2 fully saturated rings. The van der Waals surface area contributed by atoms with Crippen molar-refractivity contribution in [2.45, 2.75) is 25.4 Å². The highest BCUT2D eigenvalue weighted by atomic mass is 19.1. The summed E-state index contributed by atoms with van der Waals surface area (Å²) in [6.45, 7) is 5.33. The highest BCUT2D eigenvalue weighted by Gasteiger charge is 2.26. The van der Waals surface area contributed by atoms with Crippen LogP contribution in [0.5, 0.6) is 0 Å². The van der Waals surface area contributed by atoms with E-state index in [1.54, 1.807) is 24.4 Å². The van der Waals surface area contributed by atoms with Crippen LogP contribution >= 0.6 is 0 Å². The average Bonchev–Trinajstić information content (AvgIpc) is 3.51. The first-order chi connectivity index (χ1) is 22.1. The maximum Gasteiger partial charge on any atom is 0.323 e. The minimum Gasteiger partial charge on any atom is -0.378 e. The lowest BCUT2D eigenvalue weighted by Gasteiger charge is -2.32.